The molecule has 0 aliphatic rings. The van der Waals surface area contributed by atoms with Crippen molar-refractivity contribution in [1.29, 1.82) is 0 Å². The van der Waals surface area contributed by atoms with E-state index < -0.39 is 11.6 Å². The second kappa shape index (κ2) is 10.00. The number of anilines is 2. The summed E-state index contributed by atoms with van der Waals surface area (Å²) in [5.74, 6) is 7.20. The number of benzene rings is 2. The van der Waals surface area contributed by atoms with Crippen molar-refractivity contribution in [3.8, 4) is 29.0 Å². The van der Waals surface area contributed by atoms with Crippen LogP contribution in [0.5, 0.6) is 0 Å². The third-order valence-electron chi connectivity index (χ3n) is 5.80. The molecule has 0 saturated carbocycles. The fourth-order valence-electron chi connectivity index (χ4n) is 4.08. The molecule has 196 valence electrons. The summed E-state index contributed by atoms with van der Waals surface area (Å²) < 4.78 is 7.12. The molecular weight excluding hydrogens is 496 g/mol. The minimum absolute atomic E-state index is 0.158. The van der Waals surface area contributed by atoms with Gasteiger partial charge in [0, 0.05) is 12.5 Å². The normalized spacial score (nSPS) is 12.1. The summed E-state index contributed by atoms with van der Waals surface area (Å²) >= 11 is 0. The van der Waals surface area contributed by atoms with Crippen LogP contribution in [-0.4, -0.2) is 40.4 Å². The lowest BCUT2D eigenvalue weighted by Gasteiger charge is -2.21. The summed E-state index contributed by atoms with van der Waals surface area (Å²) in [5.41, 5.74) is 6.55. The van der Waals surface area contributed by atoms with Crippen molar-refractivity contribution in [3.05, 3.63) is 82.5 Å². The molecule has 0 amide bonds. The summed E-state index contributed by atoms with van der Waals surface area (Å²) in [6, 6.07) is 13.9. The maximum absolute atomic E-state index is 14.1. The number of rotatable bonds is 5. The van der Waals surface area contributed by atoms with E-state index in [1.54, 1.807) is 39.0 Å². The van der Waals surface area contributed by atoms with Crippen molar-refractivity contribution in [2.45, 2.75) is 39.3 Å². The van der Waals surface area contributed by atoms with Gasteiger partial charge < -0.3 is 20.6 Å². The molecule has 0 spiro atoms. The third kappa shape index (κ3) is 5.18. The Bertz CT molecular complexity index is 1790. The van der Waals surface area contributed by atoms with E-state index in [9.17, 15) is 9.90 Å². The van der Waals surface area contributed by atoms with Gasteiger partial charge in [-0.15, -0.1) is 10.2 Å². The van der Waals surface area contributed by atoms with Crippen LogP contribution in [-0.2, 0) is 0 Å². The molecule has 4 N–H and O–H groups in total. The van der Waals surface area contributed by atoms with Gasteiger partial charge in [0.2, 0.25) is 5.89 Å². The molecule has 5 aromatic rings. The number of para-hydroxylation sites is 1. The van der Waals surface area contributed by atoms with Gasteiger partial charge in [0.1, 0.15) is 35.0 Å². The van der Waals surface area contributed by atoms with E-state index in [2.05, 4.69) is 37.3 Å². The molecule has 3 aromatic heterocycles. The topological polar surface area (TPSA) is 158 Å². The van der Waals surface area contributed by atoms with Gasteiger partial charge in [0.15, 0.2) is 0 Å². The third-order valence-corrected chi connectivity index (χ3v) is 5.80. The molecule has 5 rings (SSSR count). The van der Waals surface area contributed by atoms with Crippen molar-refractivity contribution < 1.29 is 9.52 Å². The summed E-state index contributed by atoms with van der Waals surface area (Å²) in [6.07, 6.45) is 1.32. The van der Waals surface area contributed by atoms with Crippen molar-refractivity contribution in [3.63, 3.8) is 0 Å². The van der Waals surface area contributed by atoms with Crippen LogP contribution in [0.4, 0.5) is 11.6 Å². The first kappa shape index (κ1) is 25.6. The highest BCUT2D eigenvalue weighted by Crippen LogP contribution is 2.32. The molecule has 0 aliphatic carbocycles. The first-order chi connectivity index (χ1) is 18.6. The largest absolute Gasteiger partial charge is 0.421 e. The number of fused-ring (bicyclic) bond motifs is 1. The second-order valence-corrected chi connectivity index (χ2v) is 9.43. The van der Waals surface area contributed by atoms with Crippen LogP contribution in [0.15, 0.2) is 64.1 Å². The molecule has 0 radical (unpaired) electrons. The SMILES string of the molecule is Cc1nnc(-c2c(N)ncnc2NC(C)c2nc3cccc(C#CC(C)(C)O)c3c(=O)n2-c2ccccc2)o1. The Morgan fingerprint density at radius 2 is 1.87 bits per heavy atom. The Morgan fingerprint density at radius 1 is 1.10 bits per heavy atom. The zero-order chi connectivity index (χ0) is 27.7. The van der Waals surface area contributed by atoms with Crippen molar-refractivity contribution in [2.75, 3.05) is 11.1 Å². The predicted octanol–water partition coefficient (Wildman–Crippen LogP) is 3.41. The van der Waals surface area contributed by atoms with E-state index in [-0.39, 0.29) is 17.3 Å². The van der Waals surface area contributed by atoms with Crippen molar-refractivity contribution >= 4 is 22.5 Å². The number of hydrogen-bond donors (Lipinski definition) is 3. The number of aromatic nitrogens is 6. The zero-order valence-corrected chi connectivity index (χ0v) is 21.8. The van der Waals surface area contributed by atoms with E-state index in [1.807, 2.05) is 37.3 Å². The number of hydrogen-bond acceptors (Lipinski definition) is 10. The highest BCUT2D eigenvalue weighted by Gasteiger charge is 2.23. The summed E-state index contributed by atoms with van der Waals surface area (Å²) in [5, 5.41) is 21.7. The van der Waals surface area contributed by atoms with Gasteiger partial charge in [0.25, 0.3) is 11.4 Å². The Balaban J connectivity index is 1.69. The minimum Gasteiger partial charge on any atom is -0.421 e. The number of aryl methyl sites for hydroxylation is 1. The molecule has 0 fully saturated rings. The van der Waals surface area contributed by atoms with Crippen molar-refractivity contribution in [1.82, 2.24) is 29.7 Å². The Hall–Kier alpha value is -5.08. The van der Waals surface area contributed by atoms with Crippen LogP contribution in [0.2, 0.25) is 0 Å². The Labute approximate surface area is 223 Å². The first-order valence-electron chi connectivity index (χ1n) is 12.2. The zero-order valence-electron chi connectivity index (χ0n) is 21.8. The maximum Gasteiger partial charge on any atom is 0.267 e. The van der Waals surface area contributed by atoms with Crippen LogP contribution in [0.3, 0.4) is 0 Å². The van der Waals surface area contributed by atoms with Gasteiger partial charge >= 0.3 is 0 Å². The van der Waals surface area contributed by atoms with E-state index in [1.165, 1.54) is 10.9 Å². The number of nitrogens with two attached hydrogens (primary N) is 1. The molecule has 39 heavy (non-hydrogen) atoms. The molecular formula is C28H26N8O3. The molecule has 3 heterocycles. The van der Waals surface area contributed by atoms with Crippen LogP contribution < -0.4 is 16.6 Å². The second-order valence-electron chi connectivity index (χ2n) is 9.43. The van der Waals surface area contributed by atoms with E-state index in [0.29, 0.717) is 45.3 Å². The van der Waals surface area contributed by atoms with Crippen LogP contribution in [0.25, 0.3) is 28.0 Å². The summed E-state index contributed by atoms with van der Waals surface area (Å²) in [7, 11) is 0. The maximum atomic E-state index is 14.1. The van der Waals surface area contributed by atoms with Gasteiger partial charge in [-0.3, -0.25) is 9.36 Å². The molecule has 1 atom stereocenters. The fourth-order valence-corrected chi connectivity index (χ4v) is 4.08. The van der Waals surface area contributed by atoms with Gasteiger partial charge in [0.05, 0.1) is 22.6 Å². The summed E-state index contributed by atoms with van der Waals surface area (Å²) in [6.45, 7) is 6.69. The lowest BCUT2D eigenvalue weighted by Crippen LogP contribution is -2.28. The average Bonchev–Trinajstić information content (AvgIpc) is 3.32. The van der Waals surface area contributed by atoms with Crippen LogP contribution >= 0.6 is 0 Å². The number of nitrogens with zero attached hydrogens (tertiary/aromatic N) is 6. The molecule has 11 nitrogen and oxygen atoms in total. The average molecular weight is 523 g/mol. The van der Waals surface area contributed by atoms with Crippen molar-refractivity contribution in [2.24, 2.45) is 0 Å². The van der Waals surface area contributed by atoms with Gasteiger partial charge in [-0.05, 0) is 45.0 Å². The molecule has 0 bridgehead atoms. The highest BCUT2D eigenvalue weighted by molar-refractivity contribution is 5.85. The first-order valence-corrected chi connectivity index (χ1v) is 12.2. The molecule has 2 aromatic carbocycles. The van der Waals surface area contributed by atoms with E-state index in [4.69, 9.17) is 15.1 Å². The van der Waals surface area contributed by atoms with E-state index in [0.717, 1.165) is 0 Å². The van der Waals surface area contributed by atoms with E-state index >= 15 is 0 Å². The van der Waals surface area contributed by atoms with Crippen LogP contribution in [0, 0.1) is 18.8 Å². The number of nitrogens with one attached hydrogen (secondary N) is 1. The predicted molar refractivity (Wildman–Crippen MR) is 147 cm³/mol. The standard InChI is InChI=1S/C28H26N8O3/c1-16(32-24-22(23(29)30-15-31-24)26-35-34-17(2)39-26)25-33-20-12-8-9-18(13-14-28(3,4)38)21(20)27(37)36(25)19-10-6-5-7-11-19/h5-12,15-16,38H,1-4H3,(H3,29,30,31,32). The lowest BCUT2D eigenvalue weighted by atomic mass is 10.1. The summed E-state index contributed by atoms with van der Waals surface area (Å²) in [4.78, 5) is 27.4. The molecule has 0 aliphatic heterocycles. The fraction of sp³-hybridized carbons (Fsp3) is 0.214. The highest BCUT2D eigenvalue weighted by atomic mass is 16.4. The van der Waals surface area contributed by atoms with Gasteiger partial charge in [-0.25, -0.2) is 15.0 Å². The quantitative estimate of drug-likeness (QED) is 0.292. The van der Waals surface area contributed by atoms with Crippen LogP contribution in [0.1, 0.15) is 44.1 Å². The van der Waals surface area contributed by atoms with Gasteiger partial charge in [-0.1, -0.05) is 36.1 Å². The minimum atomic E-state index is -1.22. The Kier molecular flexibility index (Phi) is 6.55. The molecule has 11 heteroatoms. The number of aliphatic hydroxyl groups is 1. The number of nitrogen functional groups attached to an aromatic ring is 1. The van der Waals surface area contributed by atoms with Gasteiger partial charge in [-0.2, -0.15) is 0 Å². The molecule has 0 saturated heterocycles. The molecule has 1 unspecified atom stereocenters. The lowest BCUT2D eigenvalue weighted by molar-refractivity contribution is 0.143. The monoisotopic (exact) mass is 522 g/mol. The smallest absolute Gasteiger partial charge is 0.267 e. The Morgan fingerprint density at radius 3 is 2.56 bits per heavy atom.